The van der Waals surface area contributed by atoms with Crippen molar-refractivity contribution >= 4 is 41.7 Å². The molecule has 1 aliphatic heterocycles. The van der Waals surface area contributed by atoms with E-state index < -0.39 is 11.4 Å². The van der Waals surface area contributed by atoms with Crippen molar-refractivity contribution in [1.82, 2.24) is 25.9 Å². The van der Waals surface area contributed by atoms with Crippen molar-refractivity contribution in [2.45, 2.75) is 50.1 Å². The molecule has 6 rings (SSSR count). The lowest BCUT2D eigenvalue weighted by molar-refractivity contribution is 0.260. The monoisotopic (exact) mass is 605 g/mol. The highest BCUT2D eigenvalue weighted by Crippen LogP contribution is 2.39. The van der Waals surface area contributed by atoms with Crippen LogP contribution in [0.25, 0.3) is 10.9 Å². The summed E-state index contributed by atoms with van der Waals surface area (Å²) in [5, 5.41) is 29.7. The molecule has 3 heterocycles. The molecule has 0 unspecified atom stereocenters. The van der Waals surface area contributed by atoms with Gasteiger partial charge >= 0.3 is 0 Å². The summed E-state index contributed by atoms with van der Waals surface area (Å²) < 4.78 is 14.1. The molecule has 0 radical (unpaired) electrons. The SMILES string of the molecule is B[C@@](Nc1cc(Cl)c2ncc(C#N)c(N[C@H](CCC#N)c3ccccc3)c2c1)(C1=CN(C2CC2)NN1)c1ccc(F)nc1C. The van der Waals surface area contributed by atoms with Gasteiger partial charge in [-0.05, 0) is 55.5 Å². The van der Waals surface area contributed by atoms with E-state index in [1.807, 2.05) is 55.5 Å². The Morgan fingerprint density at radius 1 is 1.20 bits per heavy atom. The Labute approximate surface area is 261 Å². The number of anilines is 2. The van der Waals surface area contributed by atoms with E-state index in [1.54, 1.807) is 19.1 Å². The molecule has 9 nitrogen and oxygen atoms in total. The fourth-order valence-corrected chi connectivity index (χ4v) is 5.99. The third-order valence-corrected chi connectivity index (χ3v) is 8.45. The summed E-state index contributed by atoms with van der Waals surface area (Å²) in [5.41, 5.74) is 10.9. The van der Waals surface area contributed by atoms with Gasteiger partial charge in [-0.1, -0.05) is 48.0 Å². The summed E-state index contributed by atoms with van der Waals surface area (Å²) in [6.45, 7) is 1.78. The minimum atomic E-state index is -0.883. The van der Waals surface area contributed by atoms with E-state index in [9.17, 15) is 14.9 Å². The first-order valence-corrected chi connectivity index (χ1v) is 14.8. The molecule has 0 bridgehead atoms. The van der Waals surface area contributed by atoms with Crippen molar-refractivity contribution in [3.8, 4) is 12.1 Å². The average Bonchev–Trinajstić information content (AvgIpc) is 3.74. The van der Waals surface area contributed by atoms with Gasteiger partial charge in [-0.3, -0.25) is 9.99 Å². The van der Waals surface area contributed by atoms with Crippen molar-refractivity contribution < 1.29 is 4.39 Å². The number of hydrogen-bond acceptors (Lipinski definition) is 9. The highest BCUT2D eigenvalue weighted by molar-refractivity contribution is 6.36. The van der Waals surface area contributed by atoms with Gasteiger partial charge in [0.05, 0.1) is 45.0 Å². The van der Waals surface area contributed by atoms with Gasteiger partial charge in [-0.2, -0.15) is 14.9 Å². The molecular weight excluding hydrogens is 576 g/mol. The van der Waals surface area contributed by atoms with E-state index in [4.69, 9.17) is 11.6 Å². The van der Waals surface area contributed by atoms with Crippen molar-refractivity contribution in [3.63, 3.8) is 0 Å². The zero-order chi connectivity index (χ0) is 30.8. The molecule has 1 aliphatic carbocycles. The molecule has 220 valence electrons. The number of pyridine rings is 2. The molecule has 4 aromatic rings. The maximum Gasteiger partial charge on any atom is 0.213 e. The summed E-state index contributed by atoms with van der Waals surface area (Å²) in [6.07, 6.45) is 6.62. The molecule has 4 N–H and O–H groups in total. The second-order valence-electron chi connectivity index (χ2n) is 11.3. The maximum absolute atomic E-state index is 14.1. The summed E-state index contributed by atoms with van der Waals surface area (Å²) in [6, 6.07) is 21.3. The van der Waals surface area contributed by atoms with E-state index in [0.29, 0.717) is 57.4 Å². The molecule has 2 atom stereocenters. The van der Waals surface area contributed by atoms with Crippen LogP contribution in [0.2, 0.25) is 5.02 Å². The number of rotatable bonds is 10. The number of nitrogens with zero attached hydrogens (tertiary/aromatic N) is 5. The number of fused-ring (bicyclic) bond motifs is 1. The molecule has 44 heavy (non-hydrogen) atoms. The first-order valence-electron chi connectivity index (χ1n) is 14.5. The van der Waals surface area contributed by atoms with Crippen molar-refractivity contribution in [2.24, 2.45) is 0 Å². The average molecular weight is 606 g/mol. The Balaban J connectivity index is 1.46. The third-order valence-electron chi connectivity index (χ3n) is 8.16. The number of aromatic nitrogens is 2. The van der Waals surface area contributed by atoms with Gasteiger partial charge in [0.15, 0.2) is 0 Å². The molecule has 2 aliphatic rings. The summed E-state index contributed by atoms with van der Waals surface area (Å²) in [5.74, 6) is -0.552. The zero-order valence-corrected chi connectivity index (χ0v) is 25.1. The van der Waals surface area contributed by atoms with Gasteiger partial charge in [0.2, 0.25) is 5.95 Å². The smallest absolute Gasteiger partial charge is 0.213 e. The molecule has 0 amide bonds. The lowest BCUT2D eigenvalue weighted by Crippen LogP contribution is -2.46. The van der Waals surface area contributed by atoms with Crippen LogP contribution < -0.4 is 21.6 Å². The fraction of sp³-hybridized carbons (Fsp3) is 0.250. The molecule has 0 spiro atoms. The topological polar surface area (TPSA) is 125 Å². The largest absolute Gasteiger partial charge is 0.378 e. The minimum absolute atomic E-state index is 0.227. The number of benzene rings is 2. The maximum atomic E-state index is 14.1. The Hall–Kier alpha value is -4.84. The Bertz CT molecular complexity index is 1830. The van der Waals surface area contributed by atoms with E-state index in [2.05, 4.69) is 43.7 Å². The van der Waals surface area contributed by atoms with Crippen LogP contribution in [0.5, 0.6) is 0 Å². The lowest BCUT2D eigenvalue weighted by Gasteiger charge is -2.35. The molecule has 12 heteroatoms. The second kappa shape index (κ2) is 12.0. The molecular formula is C32H30BClFN9. The standard InChI is InChI=1S/C32H30BClFN9/c1-19-25(11-12-29(35)39-19)32(33,28-18-44(43-42-28)23-9-10-23)41-22-14-24-30(21(16-37)17-38-31(24)26(34)15-22)40-27(8-5-13-36)20-6-3-2-4-7-20/h2-4,6-7,11-12,14-15,17-18,23,27,41-43H,5,8-10,33H2,1H3,(H,38,40)/t27-,32+/m1/s1. The Kier molecular flexibility index (Phi) is 8.00. The van der Waals surface area contributed by atoms with Crippen LogP contribution in [0.3, 0.4) is 0 Å². The predicted octanol–water partition coefficient (Wildman–Crippen LogP) is 5.29. The number of aryl methyl sites for hydroxylation is 1. The fourth-order valence-electron chi connectivity index (χ4n) is 5.72. The third kappa shape index (κ3) is 5.72. The zero-order valence-electron chi connectivity index (χ0n) is 24.3. The van der Waals surface area contributed by atoms with E-state index in [0.717, 1.165) is 29.7 Å². The lowest BCUT2D eigenvalue weighted by atomic mass is 9.69. The van der Waals surface area contributed by atoms with Crippen LogP contribution in [-0.4, -0.2) is 28.9 Å². The van der Waals surface area contributed by atoms with Crippen molar-refractivity contribution in [1.29, 1.82) is 10.5 Å². The van der Waals surface area contributed by atoms with Gasteiger partial charge < -0.3 is 16.1 Å². The Morgan fingerprint density at radius 3 is 2.70 bits per heavy atom. The van der Waals surface area contributed by atoms with E-state index >= 15 is 0 Å². The number of halogens is 2. The van der Waals surface area contributed by atoms with E-state index in [-0.39, 0.29) is 6.04 Å². The highest BCUT2D eigenvalue weighted by Gasteiger charge is 2.39. The molecule has 2 aromatic carbocycles. The number of nitriles is 2. The number of hydrogen-bond donors (Lipinski definition) is 4. The van der Waals surface area contributed by atoms with Gasteiger partial charge in [0.1, 0.15) is 13.9 Å². The van der Waals surface area contributed by atoms with Crippen molar-refractivity contribution in [3.05, 3.63) is 106 Å². The van der Waals surface area contributed by atoms with Crippen LogP contribution in [0.1, 0.15) is 54.1 Å². The van der Waals surface area contributed by atoms with Gasteiger partial charge in [0, 0.05) is 41.6 Å². The summed E-state index contributed by atoms with van der Waals surface area (Å²) in [4.78, 5) is 8.63. The van der Waals surface area contributed by atoms with Crippen LogP contribution in [0.15, 0.2) is 72.7 Å². The molecule has 2 aromatic heterocycles. The van der Waals surface area contributed by atoms with Crippen LogP contribution in [-0.2, 0) is 5.44 Å². The molecule has 1 saturated carbocycles. The Morgan fingerprint density at radius 2 is 2.00 bits per heavy atom. The number of nitrogens with one attached hydrogen (secondary N) is 4. The first-order chi connectivity index (χ1) is 21.3. The normalized spacial score (nSPS) is 16.3. The summed E-state index contributed by atoms with van der Waals surface area (Å²) in [7, 11) is 2.00. The van der Waals surface area contributed by atoms with Crippen LogP contribution in [0, 0.1) is 35.5 Å². The van der Waals surface area contributed by atoms with Crippen LogP contribution >= 0.6 is 11.6 Å². The first kappa shape index (κ1) is 29.2. The van der Waals surface area contributed by atoms with E-state index in [1.165, 1.54) is 12.3 Å². The van der Waals surface area contributed by atoms with Crippen molar-refractivity contribution in [2.75, 3.05) is 10.6 Å². The highest BCUT2D eigenvalue weighted by atomic mass is 35.5. The number of hydrazine groups is 2. The van der Waals surface area contributed by atoms with Gasteiger partial charge in [0.25, 0.3) is 0 Å². The molecule has 0 saturated heterocycles. The minimum Gasteiger partial charge on any atom is -0.378 e. The van der Waals surface area contributed by atoms with Gasteiger partial charge in [-0.25, -0.2) is 4.98 Å². The molecule has 1 fully saturated rings. The van der Waals surface area contributed by atoms with Crippen LogP contribution in [0.4, 0.5) is 15.8 Å². The second-order valence-corrected chi connectivity index (χ2v) is 11.7. The van der Waals surface area contributed by atoms with Gasteiger partial charge in [-0.15, -0.1) is 5.53 Å². The predicted molar refractivity (Wildman–Crippen MR) is 171 cm³/mol. The summed E-state index contributed by atoms with van der Waals surface area (Å²) >= 11 is 6.86. The quantitative estimate of drug-likeness (QED) is 0.141.